The third kappa shape index (κ3) is 4.39. The maximum Gasteiger partial charge on any atom is 0.287 e. The lowest BCUT2D eigenvalue weighted by Crippen LogP contribution is -2.30. The van der Waals surface area contributed by atoms with Crippen LogP contribution in [-0.4, -0.2) is 27.3 Å². The smallest absolute Gasteiger partial charge is 0.287 e. The second kappa shape index (κ2) is 8.08. The fourth-order valence-electron chi connectivity index (χ4n) is 2.74. The summed E-state index contributed by atoms with van der Waals surface area (Å²) < 4.78 is 1.46. The molecule has 0 amide bonds. The number of rotatable bonds is 6. The van der Waals surface area contributed by atoms with Crippen molar-refractivity contribution in [3.63, 3.8) is 0 Å². The molecular weight excluding hydrogens is 306 g/mol. The lowest BCUT2D eigenvalue weighted by Gasteiger charge is -2.29. The van der Waals surface area contributed by atoms with Crippen molar-refractivity contribution in [2.75, 3.05) is 11.6 Å². The van der Waals surface area contributed by atoms with Crippen LogP contribution in [0.25, 0.3) is 0 Å². The molecule has 1 aliphatic rings. The van der Waals surface area contributed by atoms with E-state index < -0.39 is 0 Å². The number of unbranched alkanes of at least 4 members (excludes halogenated alkanes) is 1. The fraction of sp³-hybridized carbons (Fsp3) is 0.733. The third-order valence-corrected chi connectivity index (χ3v) is 5.49. The highest BCUT2D eigenvalue weighted by Crippen LogP contribution is 2.29. The maximum atomic E-state index is 12.2. The first-order valence-corrected chi connectivity index (χ1v) is 9.37. The zero-order valence-electron chi connectivity index (χ0n) is 12.8. The van der Waals surface area contributed by atoms with Crippen molar-refractivity contribution in [3.05, 3.63) is 21.6 Å². The van der Waals surface area contributed by atoms with Crippen LogP contribution in [0, 0.1) is 0 Å². The first-order chi connectivity index (χ1) is 10.2. The largest absolute Gasteiger partial charge is 0.380 e. The van der Waals surface area contributed by atoms with Gasteiger partial charge in [-0.3, -0.25) is 4.79 Å². The van der Waals surface area contributed by atoms with Gasteiger partial charge in [-0.25, -0.2) is 4.68 Å². The molecule has 0 aliphatic heterocycles. The van der Waals surface area contributed by atoms with Crippen LogP contribution in [0.2, 0.25) is 5.02 Å². The van der Waals surface area contributed by atoms with Crippen LogP contribution in [0.4, 0.5) is 5.69 Å². The SMILES string of the molecule is CCCCn1ncc(NC2CCCC(SC)C2)c(Cl)c1=O. The summed E-state index contributed by atoms with van der Waals surface area (Å²) in [6.07, 6.45) is 10.6. The van der Waals surface area contributed by atoms with Crippen molar-refractivity contribution < 1.29 is 0 Å². The monoisotopic (exact) mass is 329 g/mol. The normalized spacial score (nSPS) is 22.2. The Balaban J connectivity index is 2.06. The topological polar surface area (TPSA) is 46.9 Å². The Labute approximate surface area is 135 Å². The third-order valence-electron chi connectivity index (χ3n) is 4.03. The number of halogens is 1. The van der Waals surface area contributed by atoms with Crippen LogP contribution in [0.5, 0.6) is 0 Å². The summed E-state index contributed by atoms with van der Waals surface area (Å²) in [6.45, 7) is 2.72. The van der Waals surface area contributed by atoms with E-state index in [4.69, 9.17) is 11.6 Å². The molecular formula is C15H24ClN3OS. The van der Waals surface area contributed by atoms with Crippen LogP contribution >= 0.6 is 23.4 Å². The second-order valence-corrected chi connectivity index (χ2v) is 7.14. The van der Waals surface area contributed by atoms with Gasteiger partial charge in [0.2, 0.25) is 0 Å². The van der Waals surface area contributed by atoms with E-state index in [9.17, 15) is 4.79 Å². The molecule has 1 heterocycles. The lowest BCUT2D eigenvalue weighted by atomic mass is 9.95. The van der Waals surface area contributed by atoms with Crippen molar-refractivity contribution in [1.29, 1.82) is 0 Å². The minimum Gasteiger partial charge on any atom is -0.380 e. The average Bonchev–Trinajstić information content (AvgIpc) is 2.51. The lowest BCUT2D eigenvalue weighted by molar-refractivity contribution is 0.472. The molecule has 1 aliphatic carbocycles. The number of aryl methyl sites for hydroxylation is 1. The Hall–Kier alpha value is -0.680. The molecule has 0 saturated heterocycles. The molecule has 4 nitrogen and oxygen atoms in total. The predicted octanol–water partition coefficient (Wildman–Crippen LogP) is 3.78. The predicted molar refractivity (Wildman–Crippen MR) is 91.6 cm³/mol. The highest BCUT2D eigenvalue weighted by Gasteiger charge is 2.22. The molecule has 1 aromatic rings. The van der Waals surface area contributed by atoms with Gasteiger partial charge in [0.05, 0.1) is 11.9 Å². The van der Waals surface area contributed by atoms with Crippen LogP contribution in [0.3, 0.4) is 0 Å². The summed E-state index contributed by atoms with van der Waals surface area (Å²) in [5.41, 5.74) is 0.494. The van der Waals surface area contributed by atoms with Gasteiger partial charge in [0, 0.05) is 17.8 Å². The summed E-state index contributed by atoms with van der Waals surface area (Å²) in [5.74, 6) is 0. The number of hydrogen-bond donors (Lipinski definition) is 1. The van der Waals surface area contributed by atoms with E-state index >= 15 is 0 Å². The summed E-state index contributed by atoms with van der Waals surface area (Å²) in [7, 11) is 0. The number of thioether (sulfide) groups is 1. The number of aromatic nitrogens is 2. The zero-order valence-corrected chi connectivity index (χ0v) is 14.3. The molecule has 0 bridgehead atoms. The highest BCUT2D eigenvalue weighted by atomic mass is 35.5. The van der Waals surface area contributed by atoms with Gasteiger partial charge >= 0.3 is 0 Å². The fourth-order valence-corrected chi connectivity index (χ4v) is 3.77. The summed E-state index contributed by atoms with van der Waals surface area (Å²) >= 11 is 8.15. The maximum absolute atomic E-state index is 12.2. The molecule has 0 radical (unpaired) electrons. The van der Waals surface area contributed by atoms with Crippen molar-refractivity contribution in [2.45, 2.75) is 63.3 Å². The Kier molecular flexibility index (Phi) is 6.42. The van der Waals surface area contributed by atoms with E-state index in [-0.39, 0.29) is 10.6 Å². The van der Waals surface area contributed by atoms with Gasteiger partial charge in [0.1, 0.15) is 5.02 Å². The van der Waals surface area contributed by atoms with Gasteiger partial charge in [-0.1, -0.05) is 31.4 Å². The Morgan fingerprint density at radius 2 is 2.33 bits per heavy atom. The molecule has 21 heavy (non-hydrogen) atoms. The Morgan fingerprint density at radius 3 is 3.05 bits per heavy atom. The Morgan fingerprint density at radius 1 is 1.52 bits per heavy atom. The molecule has 2 atom stereocenters. The molecule has 0 spiro atoms. The standard InChI is InChI=1S/C15H24ClN3OS/c1-3-4-8-19-15(20)14(16)13(10-17-19)18-11-6-5-7-12(9-11)21-2/h10-12,18H,3-9H2,1-2H3. The second-order valence-electron chi connectivity index (χ2n) is 5.62. The van der Waals surface area contributed by atoms with Crippen molar-refractivity contribution in [1.82, 2.24) is 9.78 Å². The van der Waals surface area contributed by atoms with Crippen LogP contribution in [0.15, 0.2) is 11.0 Å². The molecule has 1 aromatic heterocycles. The van der Waals surface area contributed by atoms with Gasteiger partial charge in [0.25, 0.3) is 5.56 Å². The van der Waals surface area contributed by atoms with Crippen molar-refractivity contribution in [3.8, 4) is 0 Å². The number of nitrogens with one attached hydrogen (secondary N) is 1. The van der Waals surface area contributed by atoms with Crippen LogP contribution in [0.1, 0.15) is 45.4 Å². The minimum atomic E-state index is -0.188. The first kappa shape index (κ1) is 16.7. The summed E-state index contributed by atoms with van der Waals surface area (Å²) in [5, 5.41) is 8.62. The molecule has 1 fully saturated rings. The van der Waals surface area contributed by atoms with Crippen molar-refractivity contribution in [2.24, 2.45) is 0 Å². The number of anilines is 1. The number of nitrogens with zero attached hydrogens (tertiary/aromatic N) is 2. The van der Waals surface area contributed by atoms with E-state index in [0.29, 0.717) is 23.5 Å². The highest BCUT2D eigenvalue weighted by molar-refractivity contribution is 7.99. The van der Waals surface area contributed by atoms with E-state index in [1.54, 1.807) is 6.20 Å². The average molecular weight is 330 g/mol. The summed E-state index contributed by atoms with van der Waals surface area (Å²) in [6, 6.07) is 0.390. The molecule has 1 saturated carbocycles. The number of hydrogen-bond acceptors (Lipinski definition) is 4. The molecule has 0 aromatic carbocycles. The van der Waals surface area contributed by atoms with Crippen molar-refractivity contribution >= 4 is 29.1 Å². The quantitative estimate of drug-likeness (QED) is 0.862. The Bertz CT molecular complexity index is 520. The van der Waals surface area contributed by atoms with Crippen LogP contribution in [-0.2, 0) is 6.54 Å². The molecule has 6 heteroatoms. The molecule has 2 unspecified atom stereocenters. The first-order valence-electron chi connectivity index (χ1n) is 7.70. The van der Waals surface area contributed by atoms with E-state index in [0.717, 1.165) is 25.7 Å². The van der Waals surface area contributed by atoms with Gasteiger partial charge < -0.3 is 5.32 Å². The van der Waals surface area contributed by atoms with Gasteiger partial charge in [-0.05, 0) is 31.9 Å². The molecule has 2 rings (SSSR count). The molecule has 1 N–H and O–H groups in total. The van der Waals surface area contributed by atoms with Crippen LogP contribution < -0.4 is 10.9 Å². The van der Waals surface area contributed by atoms with E-state index in [1.807, 2.05) is 11.8 Å². The van der Waals surface area contributed by atoms with Gasteiger partial charge in [0.15, 0.2) is 0 Å². The van der Waals surface area contributed by atoms with Gasteiger partial charge in [-0.15, -0.1) is 0 Å². The molecule has 118 valence electrons. The minimum absolute atomic E-state index is 0.188. The van der Waals surface area contributed by atoms with E-state index in [2.05, 4.69) is 23.6 Å². The summed E-state index contributed by atoms with van der Waals surface area (Å²) in [4.78, 5) is 12.2. The van der Waals surface area contributed by atoms with Gasteiger partial charge in [-0.2, -0.15) is 16.9 Å². The zero-order chi connectivity index (χ0) is 15.2. The van der Waals surface area contributed by atoms with E-state index in [1.165, 1.54) is 17.5 Å².